The van der Waals surface area contributed by atoms with Crippen molar-refractivity contribution in [3.8, 4) is 5.75 Å². The number of hydrogen-bond donors (Lipinski definition) is 0. The molecule has 0 amide bonds. The van der Waals surface area contributed by atoms with Gasteiger partial charge in [-0.15, -0.1) is 11.8 Å². The second-order valence-electron chi connectivity index (χ2n) is 16.1. The first kappa shape index (κ1) is 39.0. The van der Waals surface area contributed by atoms with Gasteiger partial charge in [-0.05, 0) is 120 Å². The summed E-state index contributed by atoms with van der Waals surface area (Å²) in [5.41, 5.74) is 4.76. The molecule has 1 saturated heterocycles. The van der Waals surface area contributed by atoms with Gasteiger partial charge in [0.15, 0.2) is 33.3 Å². The van der Waals surface area contributed by atoms with E-state index >= 15 is 0 Å². The molecule has 1 aliphatic heterocycles. The highest BCUT2D eigenvalue weighted by Crippen LogP contribution is 2.51. The number of halogens is 1. The van der Waals surface area contributed by atoms with Crippen LogP contribution >= 0.6 is 23.4 Å². The average molecular weight is 728 g/mol. The van der Waals surface area contributed by atoms with E-state index < -0.39 is 33.3 Å². The largest absolute Gasteiger partial charge is 0.496 e. The van der Waals surface area contributed by atoms with Crippen LogP contribution in [0.4, 0.5) is 0 Å². The van der Waals surface area contributed by atoms with Crippen LogP contribution < -0.4 is 4.74 Å². The van der Waals surface area contributed by atoms with E-state index in [9.17, 15) is 0 Å². The van der Waals surface area contributed by atoms with Gasteiger partial charge in [0.2, 0.25) is 0 Å². The number of aryl methyl sites for hydroxylation is 1. The molecule has 1 aliphatic rings. The molecule has 11 heteroatoms. The number of hydrogen-bond acceptors (Lipinski definition) is 6. The number of thioether (sulfide) groups is 1. The van der Waals surface area contributed by atoms with Gasteiger partial charge in [-0.1, -0.05) is 42.8 Å². The highest BCUT2D eigenvalue weighted by molar-refractivity contribution is 8.00. The minimum absolute atomic E-state index is 0.0526. The molecule has 2 aromatic rings. The predicted octanol–water partition coefficient (Wildman–Crippen LogP) is 10.2. The molecular weight excluding hydrogens is 668 g/mol. The fourth-order valence-corrected chi connectivity index (χ4v) is 11.6. The second kappa shape index (κ2) is 15.4. The summed E-state index contributed by atoms with van der Waals surface area (Å²) in [6.07, 6.45) is 1.18. The zero-order chi connectivity index (χ0) is 34.0. The van der Waals surface area contributed by atoms with E-state index in [-0.39, 0.29) is 28.8 Å². The zero-order valence-corrected chi connectivity index (χ0v) is 35.9. The molecule has 2 aromatic carbocycles. The van der Waals surface area contributed by atoms with Gasteiger partial charge in [-0.2, -0.15) is 0 Å². The van der Waals surface area contributed by atoms with E-state index in [1.165, 1.54) is 11.1 Å². The third-order valence-corrected chi connectivity index (χ3v) is 13.2. The maximum absolute atomic E-state index is 7.19. The lowest BCUT2D eigenvalue weighted by Crippen LogP contribution is -2.61. The highest BCUT2D eigenvalue weighted by atomic mass is 35.5. The predicted molar refractivity (Wildman–Crippen MR) is 205 cm³/mol. The smallest absolute Gasteiger partial charge is 0.184 e. The summed E-state index contributed by atoms with van der Waals surface area (Å²) >= 11 is 8.86. The molecule has 0 aliphatic carbocycles. The normalized spacial score (nSPS) is 23.3. The van der Waals surface area contributed by atoms with E-state index in [0.717, 1.165) is 29.7 Å². The molecule has 5 nitrogen and oxygen atoms in total. The Morgan fingerprint density at radius 3 is 1.69 bits per heavy atom. The first-order valence-electron chi connectivity index (χ1n) is 16.4. The number of ether oxygens (including phenoxy) is 1. The Labute approximate surface area is 288 Å². The molecule has 254 valence electrons. The minimum Gasteiger partial charge on any atom is -0.496 e. The van der Waals surface area contributed by atoms with E-state index in [1.807, 2.05) is 17.8 Å². The molecule has 5 atom stereocenters. The monoisotopic (exact) mass is 726 g/mol. The summed E-state index contributed by atoms with van der Waals surface area (Å²) in [7, 11) is -6.07. The van der Waals surface area contributed by atoms with Crippen LogP contribution in [-0.4, -0.2) is 70.5 Å². The Balaban J connectivity index is 2.22. The SMILES string of the molecule is CCc1ccc(Cc2cc([C@@H]3S[C@H](CO[Si](C)(C)C)[C@H](O[Si](C)(C)C)[C@H](O[Si](C)(C)C)[C@H]3O[Si](C)(C)C)c(OC)cc2Cl)cc1. The second-order valence-corrected chi connectivity index (χ2v) is 35.8. The number of rotatable bonds is 14. The van der Waals surface area contributed by atoms with Crippen LogP contribution in [0.5, 0.6) is 5.75 Å². The Bertz CT molecular complexity index is 1250. The molecule has 0 unspecified atom stereocenters. The summed E-state index contributed by atoms with van der Waals surface area (Å²) in [5.74, 6) is 0.785. The molecule has 0 bridgehead atoms. The van der Waals surface area contributed by atoms with E-state index in [0.29, 0.717) is 11.6 Å². The van der Waals surface area contributed by atoms with Crippen molar-refractivity contribution in [2.45, 2.75) is 127 Å². The van der Waals surface area contributed by atoms with Crippen molar-refractivity contribution >= 4 is 56.6 Å². The van der Waals surface area contributed by atoms with Crippen LogP contribution in [0, 0.1) is 0 Å². The fourth-order valence-electron chi connectivity index (χ4n) is 5.53. The van der Waals surface area contributed by atoms with Crippen molar-refractivity contribution in [3.63, 3.8) is 0 Å². The molecule has 0 radical (unpaired) electrons. The third-order valence-electron chi connectivity index (χ3n) is 7.31. The molecule has 0 aromatic heterocycles. The summed E-state index contributed by atoms with van der Waals surface area (Å²) in [4.78, 5) is 0. The molecule has 3 rings (SSSR count). The number of methoxy groups -OCH3 is 1. The van der Waals surface area contributed by atoms with Gasteiger partial charge in [0.25, 0.3) is 0 Å². The van der Waals surface area contributed by atoms with Crippen molar-refractivity contribution in [1.82, 2.24) is 0 Å². The lowest BCUT2D eigenvalue weighted by Gasteiger charge is -2.51. The maximum Gasteiger partial charge on any atom is 0.184 e. The van der Waals surface area contributed by atoms with Crippen LogP contribution in [-0.2, 0) is 30.5 Å². The highest BCUT2D eigenvalue weighted by Gasteiger charge is 2.52. The molecule has 1 heterocycles. The van der Waals surface area contributed by atoms with E-state index in [4.69, 9.17) is 34.0 Å². The van der Waals surface area contributed by atoms with Crippen molar-refractivity contribution in [2.24, 2.45) is 0 Å². The van der Waals surface area contributed by atoms with Crippen molar-refractivity contribution in [2.75, 3.05) is 13.7 Å². The molecule has 0 saturated carbocycles. The third kappa shape index (κ3) is 12.2. The van der Waals surface area contributed by atoms with Crippen LogP contribution in [0.25, 0.3) is 0 Å². The van der Waals surface area contributed by atoms with Gasteiger partial charge in [0.05, 0.1) is 35.9 Å². The van der Waals surface area contributed by atoms with E-state index in [1.54, 1.807) is 7.11 Å². The summed E-state index contributed by atoms with van der Waals surface area (Å²) < 4.78 is 34.1. The Kier molecular flexibility index (Phi) is 13.4. The first-order valence-corrected chi connectivity index (χ1v) is 31.3. The standard InChI is InChI=1S/C34H59ClO5SSi4/c1-15-24-16-18-25(19-17-24)20-26-21-27(29(36-2)22-28(26)35)34-33(40-45(12,13)14)32(39-44(9,10)11)31(38-43(6,7)8)30(41-34)23-37-42(3,4)5/h16-19,21-22,30-34H,15,20,23H2,1-14H3/t30-,31+,32+,33-,34+/m1/s1. The quantitative estimate of drug-likeness (QED) is 0.181. The molecule has 45 heavy (non-hydrogen) atoms. The maximum atomic E-state index is 7.19. The lowest BCUT2D eigenvalue weighted by molar-refractivity contribution is -0.0450. The van der Waals surface area contributed by atoms with Gasteiger partial charge >= 0.3 is 0 Å². The summed E-state index contributed by atoms with van der Waals surface area (Å²) in [6.45, 7) is 29.9. The van der Waals surface area contributed by atoms with Gasteiger partial charge in [-0.3, -0.25) is 0 Å². The Morgan fingerprint density at radius 1 is 0.689 bits per heavy atom. The molecule has 0 spiro atoms. The summed E-state index contributed by atoms with van der Waals surface area (Å²) in [6, 6.07) is 13.1. The Morgan fingerprint density at radius 2 is 1.20 bits per heavy atom. The van der Waals surface area contributed by atoms with Crippen molar-refractivity contribution in [3.05, 3.63) is 63.7 Å². The van der Waals surface area contributed by atoms with E-state index in [2.05, 4.69) is 116 Å². The van der Waals surface area contributed by atoms with Crippen LogP contribution in [0.15, 0.2) is 36.4 Å². The average Bonchev–Trinajstić information content (AvgIpc) is 2.88. The van der Waals surface area contributed by atoms with Gasteiger partial charge in [-0.25, -0.2) is 0 Å². The van der Waals surface area contributed by atoms with Gasteiger partial charge in [0.1, 0.15) is 5.75 Å². The van der Waals surface area contributed by atoms with Crippen LogP contribution in [0.2, 0.25) is 83.6 Å². The number of benzene rings is 2. The summed E-state index contributed by atoms with van der Waals surface area (Å²) in [5, 5.41) is 0.733. The Hall–Kier alpha value is -0.412. The van der Waals surface area contributed by atoms with Crippen molar-refractivity contribution < 1.29 is 22.4 Å². The van der Waals surface area contributed by atoms with Crippen molar-refractivity contribution in [1.29, 1.82) is 0 Å². The lowest BCUT2D eigenvalue weighted by atomic mass is 9.94. The van der Waals surface area contributed by atoms with Gasteiger partial charge in [0, 0.05) is 17.2 Å². The van der Waals surface area contributed by atoms with Crippen LogP contribution in [0.1, 0.15) is 34.4 Å². The molecular formula is C34H59ClO5SSi4. The minimum atomic E-state index is -2.03. The van der Waals surface area contributed by atoms with Crippen LogP contribution in [0.3, 0.4) is 0 Å². The van der Waals surface area contributed by atoms with Gasteiger partial charge < -0.3 is 22.4 Å². The first-order chi connectivity index (χ1) is 20.6. The molecule has 1 fully saturated rings. The zero-order valence-electron chi connectivity index (χ0n) is 30.3. The fraction of sp³-hybridized carbons (Fsp3) is 0.647. The molecule has 0 N–H and O–H groups in total. The topological polar surface area (TPSA) is 46.2 Å².